The third-order valence-corrected chi connectivity index (χ3v) is 5.44. The molecule has 0 radical (unpaired) electrons. The zero-order chi connectivity index (χ0) is 19.8. The summed E-state index contributed by atoms with van der Waals surface area (Å²) in [6.07, 6.45) is 1.87. The van der Waals surface area contributed by atoms with E-state index < -0.39 is 0 Å². The third kappa shape index (κ3) is 3.20. The van der Waals surface area contributed by atoms with Crippen LogP contribution in [0.5, 0.6) is 0 Å². The third-order valence-electron chi connectivity index (χ3n) is 5.44. The van der Waals surface area contributed by atoms with Crippen molar-refractivity contribution >= 4 is 17.0 Å². The first-order valence-corrected chi connectivity index (χ1v) is 9.64. The van der Waals surface area contributed by atoms with Crippen molar-refractivity contribution in [2.75, 3.05) is 31.1 Å². The van der Waals surface area contributed by atoms with Crippen molar-refractivity contribution in [1.29, 1.82) is 5.41 Å². The first kappa shape index (κ1) is 18.4. The highest BCUT2D eigenvalue weighted by molar-refractivity contribution is 5.95. The molecule has 1 saturated heterocycles. The molecule has 3 aromatic rings. The molecule has 28 heavy (non-hydrogen) atoms. The van der Waals surface area contributed by atoms with Crippen LogP contribution in [0.15, 0.2) is 35.3 Å². The Balaban J connectivity index is 1.60. The van der Waals surface area contributed by atoms with Crippen LogP contribution in [0.4, 0.5) is 5.69 Å². The molecule has 3 aromatic heterocycles. The molecule has 4 heterocycles. The Morgan fingerprint density at radius 1 is 1.29 bits per heavy atom. The number of hydrogen-bond acceptors (Lipinski definition) is 6. The number of nitrogens with one attached hydrogen (secondary N) is 2. The normalized spacial score (nSPS) is 14.6. The fourth-order valence-electron chi connectivity index (χ4n) is 3.70. The molecule has 1 aliphatic rings. The monoisotopic (exact) mass is 379 g/mol. The van der Waals surface area contributed by atoms with E-state index in [2.05, 4.69) is 38.8 Å². The average Bonchev–Trinajstić information content (AvgIpc) is 3.15. The average molecular weight is 379 g/mol. The fourth-order valence-corrected chi connectivity index (χ4v) is 3.70. The molecule has 0 aliphatic carbocycles. The molecule has 8 nitrogen and oxygen atoms in total. The van der Waals surface area contributed by atoms with Crippen LogP contribution in [0.2, 0.25) is 0 Å². The Hall–Kier alpha value is -3.00. The van der Waals surface area contributed by atoms with Crippen LogP contribution in [0.1, 0.15) is 26.5 Å². The lowest BCUT2D eigenvalue weighted by Gasteiger charge is -2.46. The molecule has 1 aliphatic heterocycles. The van der Waals surface area contributed by atoms with E-state index in [1.807, 2.05) is 18.3 Å². The molecule has 0 atom stereocenters. The van der Waals surface area contributed by atoms with Gasteiger partial charge >= 0.3 is 0 Å². The van der Waals surface area contributed by atoms with Crippen LogP contribution in [-0.4, -0.2) is 62.4 Å². The van der Waals surface area contributed by atoms with Crippen LogP contribution in [-0.2, 0) is 0 Å². The molecule has 1 fully saturated rings. The number of rotatable bonds is 6. The summed E-state index contributed by atoms with van der Waals surface area (Å²) < 4.78 is 1.59. The first-order chi connectivity index (χ1) is 13.5. The largest absolute Gasteiger partial charge is 0.367 e. The number of nitrogens with zero attached hydrogens (tertiary/aromatic N) is 5. The predicted molar refractivity (Wildman–Crippen MR) is 110 cm³/mol. The molecule has 8 heteroatoms. The molecule has 0 amide bonds. The second-order valence-electron chi connectivity index (χ2n) is 7.17. The minimum Gasteiger partial charge on any atom is -0.367 e. The van der Waals surface area contributed by atoms with Crippen LogP contribution in [0.3, 0.4) is 0 Å². The van der Waals surface area contributed by atoms with E-state index in [0.29, 0.717) is 34.5 Å². The summed E-state index contributed by atoms with van der Waals surface area (Å²) in [6, 6.07) is 7.72. The summed E-state index contributed by atoms with van der Waals surface area (Å²) in [6.45, 7) is 10.1. The second kappa shape index (κ2) is 7.20. The van der Waals surface area contributed by atoms with Crippen molar-refractivity contribution in [3.8, 4) is 11.4 Å². The maximum Gasteiger partial charge on any atom is 0.258 e. The first-order valence-electron chi connectivity index (χ1n) is 9.64. The Morgan fingerprint density at radius 2 is 2.04 bits per heavy atom. The van der Waals surface area contributed by atoms with Crippen molar-refractivity contribution in [2.45, 2.75) is 26.8 Å². The number of hydrogen-bond donors (Lipinski definition) is 2. The maximum atomic E-state index is 12.7. The van der Waals surface area contributed by atoms with Gasteiger partial charge < -0.3 is 10.3 Å². The molecule has 0 aromatic carbocycles. The van der Waals surface area contributed by atoms with Gasteiger partial charge in [0.1, 0.15) is 11.3 Å². The topological polar surface area (TPSA) is 93.4 Å². The molecule has 0 bridgehead atoms. The van der Waals surface area contributed by atoms with E-state index in [0.717, 1.165) is 31.9 Å². The Labute approximate surface area is 163 Å². The van der Waals surface area contributed by atoms with Gasteiger partial charge in [0.25, 0.3) is 5.56 Å². The summed E-state index contributed by atoms with van der Waals surface area (Å²) in [4.78, 5) is 22.0. The van der Waals surface area contributed by atoms with Crippen molar-refractivity contribution in [2.24, 2.45) is 0 Å². The standard InChI is InChI=1S/C20H25N7O/c1-4-25(5-2)15-10-26(11-15)14-6-7-19-22-17(9-20(28)27(19)12-14)18-8-16(13(3)21)23-24-18/h6-9,12,15,21H,4-5,10-11H2,1-3H3,(H,23,24). The summed E-state index contributed by atoms with van der Waals surface area (Å²) in [5.74, 6) is 0. The SMILES string of the molecule is CCN(CC)C1CN(c2ccc3nc(-c4cc(C(C)=N)n[nH]4)cc(=O)n3c2)C1. The molecular weight excluding hydrogens is 354 g/mol. The maximum absolute atomic E-state index is 12.7. The number of pyridine rings is 1. The summed E-state index contributed by atoms with van der Waals surface area (Å²) in [5.41, 5.74) is 3.57. The van der Waals surface area contributed by atoms with Crippen LogP contribution >= 0.6 is 0 Å². The summed E-state index contributed by atoms with van der Waals surface area (Å²) in [5, 5.41) is 14.6. The lowest BCUT2D eigenvalue weighted by molar-refractivity contribution is 0.183. The lowest BCUT2D eigenvalue weighted by Crippen LogP contribution is -2.59. The summed E-state index contributed by atoms with van der Waals surface area (Å²) >= 11 is 0. The van der Waals surface area contributed by atoms with Crippen molar-refractivity contribution < 1.29 is 0 Å². The van der Waals surface area contributed by atoms with Gasteiger partial charge in [-0.2, -0.15) is 5.10 Å². The van der Waals surface area contributed by atoms with E-state index >= 15 is 0 Å². The predicted octanol–water partition coefficient (Wildman–Crippen LogP) is 2.00. The highest BCUT2D eigenvalue weighted by Crippen LogP contribution is 2.24. The Bertz CT molecular complexity index is 1070. The quantitative estimate of drug-likeness (QED) is 0.639. The molecule has 0 spiro atoms. The van der Waals surface area contributed by atoms with Crippen molar-refractivity contribution in [3.05, 3.63) is 46.5 Å². The molecular formula is C20H25N7O. The Morgan fingerprint density at radius 3 is 2.68 bits per heavy atom. The smallest absolute Gasteiger partial charge is 0.258 e. The van der Waals surface area contributed by atoms with E-state index in [-0.39, 0.29) is 5.56 Å². The number of aromatic amines is 1. The van der Waals surface area contributed by atoms with E-state index in [1.54, 1.807) is 17.4 Å². The molecule has 146 valence electrons. The van der Waals surface area contributed by atoms with Gasteiger partial charge in [-0.15, -0.1) is 0 Å². The second-order valence-corrected chi connectivity index (χ2v) is 7.17. The zero-order valence-electron chi connectivity index (χ0n) is 16.4. The van der Waals surface area contributed by atoms with Gasteiger partial charge in [0.15, 0.2) is 0 Å². The van der Waals surface area contributed by atoms with E-state index in [1.165, 1.54) is 6.07 Å². The van der Waals surface area contributed by atoms with Gasteiger partial charge in [-0.05, 0) is 38.2 Å². The van der Waals surface area contributed by atoms with Crippen LogP contribution in [0.25, 0.3) is 17.0 Å². The van der Waals surface area contributed by atoms with Gasteiger partial charge in [0.2, 0.25) is 0 Å². The fraction of sp³-hybridized carbons (Fsp3) is 0.400. The van der Waals surface area contributed by atoms with Gasteiger partial charge in [0.05, 0.1) is 22.8 Å². The number of anilines is 1. The molecule has 4 rings (SSSR count). The molecule has 0 unspecified atom stereocenters. The van der Waals surface area contributed by atoms with Crippen LogP contribution < -0.4 is 10.5 Å². The summed E-state index contributed by atoms with van der Waals surface area (Å²) in [7, 11) is 0. The lowest BCUT2D eigenvalue weighted by atomic mass is 10.1. The number of aromatic nitrogens is 4. The number of likely N-dealkylation sites (N-methyl/N-ethyl adjacent to an activating group) is 1. The van der Waals surface area contributed by atoms with E-state index in [4.69, 9.17) is 5.41 Å². The van der Waals surface area contributed by atoms with Gasteiger partial charge in [-0.25, -0.2) is 4.98 Å². The van der Waals surface area contributed by atoms with Crippen molar-refractivity contribution in [3.63, 3.8) is 0 Å². The van der Waals surface area contributed by atoms with Gasteiger partial charge in [0, 0.05) is 31.4 Å². The molecule has 2 N–H and O–H groups in total. The highest BCUT2D eigenvalue weighted by Gasteiger charge is 2.30. The highest BCUT2D eigenvalue weighted by atomic mass is 16.1. The van der Waals surface area contributed by atoms with Crippen LogP contribution in [0, 0.1) is 5.41 Å². The minimum atomic E-state index is -0.134. The van der Waals surface area contributed by atoms with E-state index in [9.17, 15) is 4.79 Å². The minimum absolute atomic E-state index is 0.134. The van der Waals surface area contributed by atoms with Gasteiger partial charge in [-0.3, -0.25) is 19.2 Å². The zero-order valence-corrected chi connectivity index (χ0v) is 16.4. The number of H-pyrrole nitrogens is 1. The molecule has 0 saturated carbocycles. The Kier molecular flexibility index (Phi) is 4.72. The number of fused-ring (bicyclic) bond motifs is 1. The van der Waals surface area contributed by atoms with Crippen molar-refractivity contribution in [1.82, 2.24) is 24.5 Å². The van der Waals surface area contributed by atoms with Gasteiger partial charge in [-0.1, -0.05) is 13.8 Å².